The summed E-state index contributed by atoms with van der Waals surface area (Å²) in [5.74, 6) is -0.364. The minimum atomic E-state index is -1.56. The molecule has 0 saturated heterocycles. The van der Waals surface area contributed by atoms with Gasteiger partial charge in [-0.05, 0) is 18.6 Å². The fraction of sp³-hybridized carbons (Fsp3) is 0.364. The average Bonchev–Trinajstić information content (AvgIpc) is 2.27. The monoisotopic (exact) mass is 226 g/mol. The summed E-state index contributed by atoms with van der Waals surface area (Å²) in [6.07, 6.45) is -1.56. The summed E-state index contributed by atoms with van der Waals surface area (Å²) in [6.45, 7) is 1.67. The van der Waals surface area contributed by atoms with E-state index in [0.29, 0.717) is 22.6 Å². The Morgan fingerprint density at radius 1 is 1.31 bits per heavy atom. The third-order valence-electron chi connectivity index (χ3n) is 2.36. The highest BCUT2D eigenvalue weighted by atomic mass is 16.5. The van der Waals surface area contributed by atoms with Gasteiger partial charge >= 0.3 is 5.97 Å². The third-order valence-corrected chi connectivity index (χ3v) is 2.36. The molecule has 88 valence electrons. The molecule has 16 heavy (non-hydrogen) atoms. The van der Waals surface area contributed by atoms with Crippen molar-refractivity contribution < 1.29 is 24.5 Å². The number of aliphatic carboxylic acids is 1. The van der Waals surface area contributed by atoms with Crippen molar-refractivity contribution in [3.63, 3.8) is 0 Å². The summed E-state index contributed by atoms with van der Waals surface area (Å²) in [5, 5.41) is 18.2. The summed E-state index contributed by atoms with van der Waals surface area (Å²) >= 11 is 0. The molecule has 0 aliphatic rings. The smallest absolute Gasteiger partial charge is 0.337 e. The Kier molecular flexibility index (Phi) is 3.73. The highest BCUT2D eigenvalue weighted by Crippen LogP contribution is 2.35. The zero-order valence-electron chi connectivity index (χ0n) is 9.35. The van der Waals surface area contributed by atoms with E-state index in [2.05, 4.69) is 0 Å². The van der Waals surface area contributed by atoms with Crippen molar-refractivity contribution in [1.82, 2.24) is 0 Å². The van der Waals surface area contributed by atoms with E-state index in [-0.39, 0.29) is 0 Å². The molecule has 1 aromatic rings. The van der Waals surface area contributed by atoms with E-state index in [9.17, 15) is 9.90 Å². The van der Waals surface area contributed by atoms with E-state index in [1.54, 1.807) is 13.0 Å². The van der Waals surface area contributed by atoms with Crippen LogP contribution in [-0.2, 0) is 4.79 Å². The van der Waals surface area contributed by atoms with Crippen LogP contribution in [-0.4, -0.2) is 30.4 Å². The van der Waals surface area contributed by atoms with Crippen molar-refractivity contribution in [2.75, 3.05) is 14.2 Å². The first-order valence-corrected chi connectivity index (χ1v) is 4.65. The Morgan fingerprint density at radius 2 is 1.94 bits per heavy atom. The quantitative estimate of drug-likeness (QED) is 0.804. The summed E-state index contributed by atoms with van der Waals surface area (Å²) < 4.78 is 10.2. The number of aliphatic hydroxyl groups is 1. The lowest BCUT2D eigenvalue weighted by Crippen LogP contribution is -2.12. The van der Waals surface area contributed by atoms with Crippen LogP contribution in [0.15, 0.2) is 12.1 Å². The molecule has 5 heteroatoms. The number of hydrogen-bond donors (Lipinski definition) is 2. The van der Waals surface area contributed by atoms with E-state index in [0.717, 1.165) is 0 Å². The molecule has 2 N–H and O–H groups in total. The Bertz CT molecular complexity index is 400. The molecule has 0 amide bonds. The van der Waals surface area contributed by atoms with Crippen molar-refractivity contribution >= 4 is 5.97 Å². The number of aliphatic hydroxyl groups excluding tert-OH is 1. The van der Waals surface area contributed by atoms with Crippen LogP contribution >= 0.6 is 0 Å². The third kappa shape index (κ3) is 2.09. The molecule has 1 aromatic carbocycles. The standard InChI is InChI=1S/C11H14O5/c1-6-7(9(12)11(13)14)4-5-8(15-2)10(6)16-3/h4-5,9,12H,1-3H3,(H,13,14). The molecule has 0 aliphatic carbocycles. The maximum atomic E-state index is 10.7. The van der Waals surface area contributed by atoms with Gasteiger partial charge in [0.25, 0.3) is 0 Å². The molecule has 1 atom stereocenters. The van der Waals surface area contributed by atoms with Gasteiger partial charge in [-0.25, -0.2) is 4.79 Å². The number of methoxy groups -OCH3 is 2. The summed E-state index contributed by atoms with van der Waals surface area (Å²) in [6, 6.07) is 3.07. The van der Waals surface area contributed by atoms with E-state index in [4.69, 9.17) is 14.6 Å². The Labute approximate surface area is 93.2 Å². The van der Waals surface area contributed by atoms with Crippen molar-refractivity contribution in [3.05, 3.63) is 23.3 Å². The minimum Gasteiger partial charge on any atom is -0.493 e. The van der Waals surface area contributed by atoms with Gasteiger partial charge in [-0.1, -0.05) is 6.07 Å². The van der Waals surface area contributed by atoms with Crippen LogP contribution in [0.4, 0.5) is 0 Å². The molecule has 0 aromatic heterocycles. The minimum absolute atomic E-state index is 0.296. The van der Waals surface area contributed by atoms with Crippen LogP contribution in [0.25, 0.3) is 0 Å². The fourth-order valence-electron chi connectivity index (χ4n) is 1.53. The first-order chi connectivity index (χ1) is 7.52. The molecule has 1 rings (SSSR count). The number of ether oxygens (including phenoxy) is 2. The van der Waals surface area contributed by atoms with Gasteiger partial charge < -0.3 is 19.7 Å². The van der Waals surface area contributed by atoms with E-state index < -0.39 is 12.1 Å². The molecule has 0 bridgehead atoms. The Morgan fingerprint density at radius 3 is 2.38 bits per heavy atom. The van der Waals surface area contributed by atoms with Gasteiger partial charge in [-0.2, -0.15) is 0 Å². The first kappa shape index (κ1) is 12.3. The van der Waals surface area contributed by atoms with Crippen LogP contribution in [0.1, 0.15) is 17.2 Å². The second-order valence-electron chi connectivity index (χ2n) is 3.26. The van der Waals surface area contributed by atoms with Crippen molar-refractivity contribution in [2.24, 2.45) is 0 Å². The van der Waals surface area contributed by atoms with Crippen LogP contribution in [0.2, 0.25) is 0 Å². The number of carbonyl (C=O) groups is 1. The van der Waals surface area contributed by atoms with E-state index in [1.165, 1.54) is 20.3 Å². The first-order valence-electron chi connectivity index (χ1n) is 4.65. The molecule has 0 aliphatic heterocycles. The van der Waals surface area contributed by atoms with Gasteiger partial charge in [0.15, 0.2) is 17.6 Å². The van der Waals surface area contributed by atoms with Crippen molar-refractivity contribution in [2.45, 2.75) is 13.0 Å². The predicted molar refractivity (Wildman–Crippen MR) is 56.9 cm³/mol. The van der Waals surface area contributed by atoms with Crippen molar-refractivity contribution in [3.8, 4) is 11.5 Å². The SMILES string of the molecule is COc1ccc(C(O)C(=O)O)c(C)c1OC. The van der Waals surface area contributed by atoms with Crippen LogP contribution in [0, 0.1) is 6.92 Å². The molecule has 5 nitrogen and oxygen atoms in total. The zero-order chi connectivity index (χ0) is 12.3. The molecule has 0 spiro atoms. The lowest BCUT2D eigenvalue weighted by molar-refractivity contribution is -0.147. The highest BCUT2D eigenvalue weighted by Gasteiger charge is 2.21. The summed E-state index contributed by atoms with van der Waals surface area (Å²) in [4.78, 5) is 10.7. The number of carboxylic acids is 1. The summed E-state index contributed by atoms with van der Waals surface area (Å²) in [7, 11) is 2.95. The van der Waals surface area contributed by atoms with Crippen LogP contribution in [0.3, 0.4) is 0 Å². The van der Waals surface area contributed by atoms with Gasteiger partial charge in [-0.15, -0.1) is 0 Å². The van der Waals surface area contributed by atoms with E-state index in [1.807, 2.05) is 0 Å². The van der Waals surface area contributed by atoms with Crippen LogP contribution < -0.4 is 9.47 Å². The number of hydrogen-bond acceptors (Lipinski definition) is 4. The average molecular weight is 226 g/mol. The van der Waals surface area contributed by atoms with Crippen LogP contribution in [0.5, 0.6) is 11.5 Å². The lowest BCUT2D eigenvalue weighted by atomic mass is 10.0. The van der Waals surface area contributed by atoms with Crippen molar-refractivity contribution in [1.29, 1.82) is 0 Å². The Hall–Kier alpha value is -1.75. The fourth-order valence-corrected chi connectivity index (χ4v) is 1.53. The Balaban J connectivity index is 3.29. The second-order valence-corrected chi connectivity index (χ2v) is 3.26. The molecule has 0 radical (unpaired) electrons. The maximum Gasteiger partial charge on any atom is 0.337 e. The van der Waals surface area contributed by atoms with Gasteiger partial charge in [-0.3, -0.25) is 0 Å². The normalized spacial score (nSPS) is 12.0. The highest BCUT2D eigenvalue weighted by molar-refractivity contribution is 5.75. The number of carboxylic acid groups (broad SMARTS) is 1. The van der Waals surface area contributed by atoms with Gasteiger partial charge in [0.05, 0.1) is 14.2 Å². The molecule has 0 heterocycles. The molecule has 0 saturated carbocycles. The second kappa shape index (κ2) is 4.85. The zero-order valence-corrected chi connectivity index (χ0v) is 9.35. The lowest BCUT2D eigenvalue weighted by Gasteiger charge is -2.15. The number of benzene rings is 1. The summed E-state index contributed by atoms with van der Waals surface area (Å²) in [5.41, 5.74) is 0.849. The van der Waals surface area contributed by atoms with Gasteiger partial charge in [0.2, 0.25) is 0 Å². The maximum absolute atomic E-state index is 10.7. The molecule has 0 fully saturated rings. The van der Waals surface area contributed by atoms with E-state index >= 15 is 0 Å². The molecule has 1 unspecified atom stereocenters. The number of rotatable bonds is 4. The van der Waals surface area contributed by atoms with Gasteiger partial charge in [0.1, 0.15) is 0 Å². The molecular formula is C11H14O5. The van der Waals surface area contributed by atoms with Gasteiger partial charge in [0, 0.05) is 5.56 Å². The predicted octanol–water partition coefficient (Wildman–Crippen LogP) is 1.13. The largest absolute Gasteiger partial charge is 0.493 e. The topological polar surface area (TPSA) is 76.0 Å². The molecular weight excluding hydrogens is 212 g/mol.